The summed E-state index contributed by atoms with van der Waals surface area (Å²) in [6.07, 6.45) is 1.76. The molecule has 0 fully saturated rings. The van der Waals surface area contributed by atoms with Crippen LogP contribution in [0.3, 0.4) is 0 Å². The summed E-state index contributed by atoms with van der Waals surface area (Å²) in [5, 5.41) is 8.31. The molecule has 277 valence electrons. The van der Waals surface area contributed by atoms with Crippen LogP contribution in [0.4, 0.5) is 0 Å². The molecule has 0 saturated heterocycles. The number of thiophene rings is 1. The third kappa shape index (κ3) is 8.69. The van der Waals surface area contributed by atoms with Gasteiger partial charge in [0.05, 0.1) is 24.9 Å². The summed E-state index contributed by atoms with van der Waals surface area (Å²) in [4.78, 5) is 9.76. The van der Waals surface area contributed by atoms with E-state index >= 15 is 0 Å². The van der Waals surface area contributed by atoms with Crippen LogP contribution in [0.5, 0.6) is 0 Å². The Balaban J connectivity index is 0.000000217. The molecule has 0 spiro atoms. The van der Waals surface area contributed by atoms with Gasteiger partial charge in [-0.2, -0.15) is 0 Å². The van der Waals surface area contributed by atoms with E-state index in [1.54, 1.807) is 11.3 Å². The molecule has 3 nitrogen and oxygen atoms in total. The van der Waals surface area contributed by atoms with E-state index in [0.29, 0.717) is 11.5 Å². The number of pyridine rings is 1. The smallest absolute Gasteiger partial charge is 0.0798 e. The second-order valence-corrected chi connectivity index (χ2v) is 22.2. The van der Waals surface area contributed by atoms with Gasteiger partial charge in [0.25, 0.3) is 0 Å². The Morgan fingerprint density at radius 2 is 1.59 bits per heavy atom. The minimum atomic E-state index is -1.48. The largest absolute Gasteiger partial charge is 0.333 e. The monoisotopic (exact) mass is 922 g/mol. The molecule has 0 saturated carbocycles. The van der Waals surface area contributed by atoms with E-state index in [1.165, 1.54) is 16.1 Å². The summed E-state index contributed by atoms with van der Waals surface area (Å²) in [7, 11) is -1.34. The summed E-state index contributed by atoms with van der Waals surface area (Å²) in [6, 6.07) is 42.5. The number of aromatic nitrogens is 3. The Kier molecular flexibility index (Phi) is 11.1. The molecule has 3 heterocycles. The van der Waals surface area contributed by atoms with Crippen molar-refractivity contribution in [3.8, 4) is 28.3 Å². The summed E-state index contributed by atoms with van der Waals surface area (Å²) < 4.78 is 20.9. The van der Waals surface area contributed by atoms with Crippen molar-refractivity contribution in [1.82, 2.24) is 14.5 Å². The first kappa shape index (κ1) is 36.8. The molecule has 1 radical (unpaired) electrons. The van der Waals surface area contributed by atoms with E-state index in [1.807, 2.05) is 75.4 Å². The van der Waals surface area contributed by atoms with Crippen LogP contribution in [0.2, 0.25) is 19.6 Å². The van der Waals surface area contributed by atoms with Gasteiger partial charge in [-0.1, -0.05) is 148 Å². The zero-order chi connectivity index (χ0) is 39.1. The molecule has 0 amide bonds. The first-order valence-electron chi connectivity index (χ1n) is 19.5. The van der Waals surface area contributed by atoms with Crippen LogP contribution >= 0.6 is 11.3 Å². The summed E-state index contributed by atoms with van der Waals surface area (Å²) in [6.45, 7) is 17.6. The zero-order valence-electron chi connectivity index (χ0n) is 34.4. The summed E-state index contributed by atoms with van der Waals surface area (Å²) in [5.74, 6) is 1.49. The van der Waals surface area contributed by atoms with Crippen molar-refractivity contribution in [1.29, 1.82) is 0 Å². The molecule has 0 aliphatic carbocycles. The molecule has 0 atom stereocenters. The maximum atomic E-state index is 8.82. The standard InChI is InChI=1S/C30H25N2S.C18H24NSi.Ir/c1-30(2,3)18-20-15-16-28-23(17-20)24(19-33-28)29-31-25-12-6-7-13-27(25)32(29)26-14-8-10-21-9-4-5-11-22(21)26;1-14(2)11-16-12-17(15-9-7-6-8-10-15)19-13-18(16)20(3,4)5;/h4-17H,18H2,1-3H3;6-9,12-14H,11H2,1-5H3;/q2*-1;/i18D2;;. The van der Waals surface area contributed by atoms with Gasteiger partial charge in [-0.3, -0.25) is 16.3 Å². The molecule has 3 aromatic heterocycles. The van der Waals surface area contributed by atoms with Crippen molar-refractivity contribution >= 4 is 56.5 Å². The maximum absolute atomic E-state index is 8.82. The third-order valence-electron chi connectivity index (χ3n) is 9.23. The maximum Gasteiger partial charge on any atom is 0.0798 e. The van der Waals surface area contributed by atoms with Gasteiger partial charge in [0.1, 0.15) is 0 Å². The molecular weight excluding hydrogens is 871 g/mol. The number of imidazole rings is 1. The Labute approximate surface area is 342 Å². The van der Waals surface area contributed by atoms with Gasteiger partial charge in [0.2, 0.25) is 0 Å². The number of nitrogens with zero attached hydrogens (tertiary/aromatic N) is 3. The van der Waals surface area contributed by atoms with Crippen molar-refractivity contribution in [2.75, 3.05) is 0 Å². The fraction of sp³-hybridized carbons (Fsp3) is 0.250. The second-order valence-electron chi connectivity index (χ2n) is 16.3. The van der Waals surface area contributed by atoms with Crippen LogP contribution in [0.1, 0.15) is 48.5 Å². The van der Waals surface area contributed by atoms with Gasteiger partial charge in [-0.25, -0.2) is 0 Å². The first-order valence-corrected chi connectivity index (χ1v) is 22.8. The van der Waals surface area contributed by atoms with Crippen molar-refractivity contribution in [2.24, 2.45) is 11.3 Å². The first-order chi connectivity index (χ1) is 26.1. The van der Waals surface area contributed by atoms with Gasteiger partial charge >= 0.3 is 0 Å². The van der Waals surface area contributed by atoms with E-state index in [0.717, 1.165) is 61.3 Å². The zero-order valence-corrected chi connectivity index (χ0v) is 36.6. The number of hydrogen-bond acceptors (Lipinski definition) is 3. The molecule has 0 aliphatic heterocycles. The number of fused-ring (bicyclic) bond motifs is 3. The summed E-state index contributed by atoms with van der Waals surface area (Å²) >= 11 is 1.55. The van der Waals surface area contributed by atoms with Crippen molar-refractivity contribution < 1.29 is 22.8 Å². The number of rotatable bonds is 7. The van der Waals surface area contributed by atoms with Crippen molar-refractivity contribution in [3.63, 3.8) is 0 Å². The van der Waals surface area contributed by atoms with Crippen LogP contribution in [0.15, 0.2) is 121 Å². The topological polar surface area (TPSA) is 30.7 Å². The average Bonchev–Trinajstić information content (AvgIpc) is 3.75. The number of benzene rings is 5. The van der Waals surface area contributed by atoms with Crippen molar-refractivity contribution in [3.05, 3.63) is 144 Å². The fourth-order valence-electron chi connectivity index (χ4n) is 6.97. The quantitative estimate of drug-likeness (QED) is 0.118. The Morgan fingerprint density at radius 3 is 2.33 bits per heavy atom. The molecule has 8 aromatic rings. The van der Waals surface area contributed by atoms with E-state index in [4.69, 9.17) is 7.73 Å². The van der Waals surface area contributed by atoms with Crippen LogP contribution in [0.25, 0.3) is 60.2 Å². The van der Waals surface area contributed by atoms with Crippen LogP contribution < -0.4 is 5.19 Å². The van der Waals surface area contributed by atoms with Gasteiger partial charge in [0.15, 0.2) is 0 Å². The van der Waals surface area contributed by atoms with Crippen LogP contribution in [0, 0.1) is 22.8 Å². The molecule has 5 aromatic carbocycles. The third-order valence-corrected chi connectivity index (χ3v) is 12.2. The predicted molar refractivity (Wildman–Crippen MR) is 231 cm³/mol. The molecule has 0 unspecified atom stereocenters. The molecule has 0 bridgehead atoms. The van der Waals surface area contributed by atoms with E-state index in [-0.39, 0.29) is 20.1 Å². The Bertz CT molecular complexity index is 2610. The van der Waals surface area contributed by atoms with Gasteiger partial charge in [0, 0.05) is 40.1 Å². The fourth-order valence-corrected chi connectivity index (χ4v) is 9.38. The molecular formula is C48H49IrN3SSi-2. The van der Waals surface area contributed by atoms with E-state index in [2.05, 4.69) is 121 Å². The SMILES string of the molecule is CC(C)Cc1cc(-c2[c-]cccc2)ncc1[Si](C)(C)C.[2H]C([2H])(c1ccc2s[c-]c(-c3nc4ccccc4n3-c3cccc4ccccc34)c2c1)C(C)(C)C.[Ir]. The van der Waals surface area contributed by atoms with Gasteiger partial charge in [-0.05, 0) is 58.6 Å². The minimum Gasteiger partial charge on any atom is -0.333 e. The van der Waals surface area contributed by atoms with Gasteiger partial charge < -0.3 is 9.55 Å². The molecule has 0 aliphatic rings. The van der Waals surface area contributed by atoms with Crippen molar-refractivity contribution in [2.45, 2.75) is 67.1 Å². The molecule has 6 heteroatoms. The Morgan fingerprint density at radius 1 is 0.852 bits per heavy atom. The molecule has 0 N–H and O–H groups in total. The molecule has 54 heavy (non-hydrogen) atoms. The van der Waals surface area contributed by atoms with Crippen LogP contribution in [-0.4, -0.2) is 22.6 Å². The Hall–Kier alpha value is -4.19. The second kappa shape index (κ2) is 16.3. The van der Waals surface area contributed by atoms with E-state index < -0.39 is 19.9 Å². The summed E-state index contributed by atoms with van der Waals surface area (Å²) in [5.41, 5.74) is 7.68. The number of hydrogen-bond donors (Lipinski definition) is 0. The number of para-hydroxylation sites is 2. The normalized spacial score (nSPS) is 12.7. The van der Waals surface area contributed by atoms with Crippen LogP contribution in [-0.2, 0) is 32.9 Å². The molecule has 8 rings (SSSR count). The predicted octanol–water partition coefficient (Wildman–Crippen LogP) is 12.7. The van der Waals surface area contributed by atoms with Gasteiger partial charge in [-0.15, -0.1) is 47.3 Å². The van der Waals surface area contributed by atoms with E-state index in [9.17, 15) is 0 Å². The average molecular weight is 922 g/mol. The minimum absolute atomic E-state index is 0.